The van der Waals surface area contributed by atoms with Gasteiger partial charge in [-0.3, -0.25) is 14.4 Å². The van der Waals surface area contributed by atoms with E-state index < -0.39 is 36.6 Å². The van der Waals surface area contributed by atoms with Crippen LogP contribution in [0.15, 0.2) is 84.9 Å². The molecule has 3 amide bonds. The number of carbonyl (C=O) groups excluding carboxylic acids is 4. The Morgan fingerprint density at radius 1 is 0.750 bits per heavy atom. The second kappa shape index (κ2) is 12.8. The van der Waals surface area contributed by atoms with Crippen molar-refractivity contribution in [2.24, 2.45) is 5.73 Å². The van der Waals surface area contributed by atoms with Crippen molar-refractivity contribution in [3.63, 3.8) is 0 Å². The molecule has 3 aromatic carbocycles. The van der Waals surface area contributed by atoms with Gasteiger partial charge in [0.25, 0.3) is 0 Å². The summed E-state index contributed by atoms with van der Waals surface area (Å²) in [5.74, 6) is -1.73. The van der Waals surface area contributed by atoms with Gasteiger partial charge in [0.15, 0.2) is 5.78 Å². The number of hydrogen-bond acceptors (Lipinski definition) is 6. The number of aliphatic hydroxyl groups excluding tert-OH is 1. The number of rotatable bonds is 11. The summed E-state index contributed by atoms with van der Waals surface area (Å²) in [5, 5.41) is 14.3. The van der Waals surface area contributed by atoms with E-state index in [1.54, 1.807) is 72.8 Å². The fourth-order valence-corrected chi connectivity index (χ4v) is 3.38. The number of nitrogens with one attached hydrogen (secondary N) is 2. The molecule has 0 heterocycles. The lowest BCUT2D eigenvalue weighted by atomic mass is 9.99. The van der Waals surface area contributed by atoms with E-state index in [-0.39, 0.29) is 18.8 Å². The second-order valence-corrected chi connectivity index (χ2v) is 8.00. The van der Waals surface area contributed by atoms with Gasteiger partial charge >= 0.3 is 6.09 Å². The van der Waals surface area contributed by atoms with Crippen LogP contribution in [0.1, 0.15) is 27.0 Å². The van der Waals surface area contributed by atoms with Crippen LogP contribution in [0.5, 0.6) is 0 Å². The summed E-state index contributed by atoms with van der Waals surface area (Å²) in [4.78, 5) is 49.2. The van der Waals surface area contributed by atoms with Crippen LogP contribution in [-0.4, -0.2) is 47.5 Å². The average Bonchev–Trinajstić information content (AvgIpc) is 2.91. The van der Waals surface area contributed by atoms with Gasteiger partial charge in [-0.1, -0.05) is 84.9 Å². The van der Waals surface area contributed by atoms with E-state index >= 15 is 0 Å². The number of hydrogen-bond donors (Lipinski definition) is 4. The molecule has 0 fully saturated rings. The number of nitrogens with two attached hydrogens (primary N) is 1. The van der Waals surface area contributed by atoms with Crippen LogP contribution < -0.4 is 16.4 Å². The van der Waals surface area contributed by atoms with E-state index in [1.807, 2.05) is 12.1 Å². The normalized spacial score (nSPS) is 12.1. The quantitative estimate of drug-likeness (QED) is 0.302. The molecule has 0 aromatic heterocycles. The summed E-state index contributed by atoms with van der Waals surface area (Å²) in [7, 11) is 0. The summed E-state index contributed by atoms with van der Waals surface area (Å²) in [6, 6.07) is 21.9. The third kappa shape index (κ3) is 7.51. The molecule has 0 aliphatic rings. The molecule has 0 radical (unpaired) electrons. The molecule has 0 saturated carbocycles. The van der Waals surface area contributed by atoms with E-state index in [9.17, 15) is 24.3 Å². The van der Waals surface area contributed by atoms with Crippen LogP contribution in [0.25, 0.3) is 0 Å². The molecule has 0 spiro atoms. The van der Waals surface area contributed by atoms with E-state index in [1.165, 1.54) is 0 Å². The number of amides is 3. The first-order valence-electron chi connectivity index (χ1n) is 11.2. The summed E-state index contributed by atoms with van der Waals surface area (Å²) in [6.07, 6.45) is -0.848. The Hall–Kier alpha value is -4.50. The molecule has 0 unspecified atom stereocenters. The zero-order chi connectivity index (χ0) is 25.9. The summed E-state index contributed by atoms with van der Waals surface area (Å²) >= 11 is 0. The molecule has 3 aromatic rings. The molecule has 0 aliphatic carbocycles. The van der Waals surface area contributed by atoms with E-state index in [0.717, 1.165) is 5.56 Å². The van der Waals surface area contributed by atoms with Gasteiger partial charge in [-0.05, 0) is 11.1 Å². The van der Waals surface area contributed by atoms with Crippen LogP contribution in [-0.2, 0) is 27.4 Å². The van der Waals surface area contributed by atoms with Crippen LogP contribution in [0.4, 0.5) is 4.79 Å². The summed E-state index contributed by atoms with van der Waals surface area (Å²) in [6.45, 7) is -0.729. The first-order valence-corrected chi connectivity index (χ1v) is 11.2. The molecule has 3 rings (SSSR count). The van der Waals surface area contributed by atoms with E-state index in [4.69, 9.17) is 10.5 Å². The lowest BCUT2D eigenvalue weighted by Crippen LogP contribution is -2.54. The highest BCUT2D eigenvalue weighted by atomic mass is 16.5. The van der Waals surface area contributed by atoms with Gasteiger partial charge in [0.2, 0.25) is 11.8 Å². The van der Waals surface area contributed by atoms with E-state index in [0.29, 0.717) is 16.7 Å². The van der Waals surface area contributed by atoms with E-state index in [2.05, 4.69) is 10.6 Å². The standard InChI is InChI=1S/C27H27N3O6/c28-25(33)22(15-18-11-13-21(14-12-18)24(32)20-9-5-2-6-10-20)29-26(34)23(16-31)30-27(35)36-17-19-7-3-1-4-8-19/h1-14,22-23,31H,15-17H2,(H2,28,33)(H,29,34)(H,30,35)/t22-,23-/m0/s1. The van der Waals surface area contributed by atoms with Crippen molar-refractivity contribution < 1.29 is 29.0 Å². The zero-order valence-electron chi connectivity index (χ0n) is 19.4. The molecular weight excluding hydrogens is 462 g/mol. The largest absolute Gasteiger partial charge is 0.445 e. The summed E-state index contributed by atoms with van der Waals surface area (Å²) in [5.41, 5.74) is 7.89. The van der Waals surface area contributed by atoms with Gasteiger partial charge in [0, 0.05) is 17.5 Å². The Labute approximate surface area is 208 Å². The topological polar surface area (TPSA) is 148 Å². The van der Waals surface area contributed by atoms with Crippen LogP contribution in [0.2, 0.25) is 0 Å². The first-order chi connectivity index (χ1) is 17.4. The van der Waals surface area contributed by atoms with Crippen molar-refractivity contribution >= 4 is 23.7 Å². The molecule has 0 saturated heterocycles. The Morgan fingerprint density at radius 3 is 1.92 bits per heavy atom. The third-order valence-electron chi connectivity index (χ3n) is 5.36. The number of alkyl carbamates (subject to hydrolysis) is 1. The molecule has 9 heteroatoms. The van der Waals surface area contributed by atoms with Gasteiger partial charge in [0.1, 0.15) is 18.7 Å². The third-order valence-corrected chi connectivity index (χ3v) is 5.36. The molecule has 5 N–H and O–H groups in total. The van der Waals surface area contributed by atoms with Gasteiger partial charge in [0.05, 0.1) is 6.61 Å². The Balaban J connectivity index is 1.57. The zero-order valence-corrected chi connectivity index (χ0v) is 19.4. The first kappa shape index (κ1) is 26.1. The summed E-state index contributed by atoms with van der Waals surface area (Å²) < 4.78 is 5.06. The van der Waals surface area contributed by atoms with Gasteiger partial charge < -0.3 is 26.2 Å². The van der Waals surface area contributed by atoms with Crippen LogP contribution in [0.3, 0.4) is 0 Å². The molecular formula is C27H27N3O6. The van der Waals surface area contributed by atoms with Crippen molar-refractivity contribution in [1.29, 1.82) is 0 Å². The monoisotopic (exact) mass is 489 g/mol. The lowest BCUT2D eigenvalue weighted by molar-refractivity contribution is -0.129. The molecule has 36 heavy (non-hydrogen) atoms. The second-order valence-electron chi connectivity index (χ2n) is 8.00. The number of aliphatic hydroxyl groups is 1. The lowest BCUT2D eigenvalue weighted by Gasteiger charge is -2.20. The molecule has 9 nitrogen and oxygen atoms in total. The molecule has 2 atom stereocenters. The van der Waals surface area contributed by atoms with Crippen molar-refractivity contribution in [3.05, 3.63) is 107 Å². The van der Waals surface area contributed by atoms with Crippen molar-refractivity contribution in [2.45, 2.75) is 25.1 Å². The number of ether oxygens (including phenoxy) is 1. The number of carbonyl (C=O) groups is 4. The Kier molecular flexibility index (Phi) is 9.30. The number of ketones is 1. The SMILES string of the molecule is NC(=O)[C@H](Cc1ccc(C(=O)c2ccccc2)cc1)NC(=O)[C@H](CO)NC(=O)OCc1ccccc1. The molecule has 0 bridgehead atoms. The Bertz CT molecular complexity index is 1180. The smallest absolute Gasteiger partial charge is 0.408 e. The minimum absolute atomic E-state index is 0.0148. The van der Waals surface area contributed by atoms with Gasteiger partial charge in [-0.2, -0.15) is 0 Å². The van der Waals surface area contributed by atoms with Crippen molar-refractivity contribution in [2.75, 3.05) is 6.61 Å². The van der Waals surface area contributed by atoms with Gasteiger partial charge in [-0.15, -0.1) is 0 Å². The highest BCUT2D eigenvalue weighted by Gasteiger charge is 2.26. The number of primary amides is 1. The highest BCUT2D eigenvalue weighted by molar-refractivity contribution is 6.08. The van der Waals surface area contributed by atoms with Crippen LogP contribution in [0, 0.1) is 0 Å². The van der Waals surface area contributed by atoms with Crippen molar-refractivity contribution in [1.82, 2.24) is 10.6 Å². The highest BCUT2D eigenvalue weighted by Crippen LogP contribution is 2.12. The maximum Gasteiger partial charge on any atom is 0.408 e. The Morgan fingerprint density at radius 2 is 1.33 bits per heavy atom. The van der Waals surface area contributed by atoms with Crippen LogP contribution >= 0.6 is 0 Å². The fourth-order valence-electron chi connectivity index (χ4n) is 3.38. The average molecular weight is 490 g/mol. The molecule has 0 aliphatic heterocycles. The maximum absolute atomic E-state index is 12.6. The molecule has 186 valence electrons. The maximum atomic E-state index is 12.6. The van der Waals surface area contributed by atoms with Crippen molar-refractivity contribution in [3.8, 4) is 0 Å². The minimum Gasteiger partial charge on any atom is -0.445 e. The van der Waals surface area contributed by atoms with Gasteiger partial charge in [-0.25, -0.2) is 4.79 Å². The minimum atomic E-state index is -1.35. The fraction of sp³-hybridized carbons (Fsp3) is 0.185. The predicted octanol–water partition coefficient (Wildman–Crippen LogP) is 1.72. The predicted molar refractivity (Wildman–Crippen MR) is 132 cm³/mol. The number of benzene rings is 3.